The van der Waals surface area contributed by atoms with Gasteiger partial charge in [-0.25, -0.2) is 5.43 Å². The van der Waals surface area contributed by atoms with Crippen molar-refractivity contribution in [3.8, 4) is 0 Å². The summed E-state index contributed by atoms with van der Waals surface area (Å²) in [4.78, 5) is 11.0. The molecule has 66 valence electrons. The normalized spacial score (nSPS) is 12.6. The molecule has 0 fully saturated rings. The number of hydrogen-bond donors (Lipinski definition) is 3. The molecule has 0 aliphatic rings. The standard InChI is InChI=1S/C7H17N3O/c1-4-5-9-10-7(11)6(2)8-3/h6,8-9H,4-5H2,1-3H3,(H,10,11). The third kappa shape index (κ3) is 4.75. The number of nitrogens with one attached hydrogen (secondary N) is 3. The predicted octanol–water partition coefficient (Wildman–Crippen LogP) is -0.375. The molecule has 1 atom stereocenters. The lowest BCUT2D eigenvalue weighted by Crippen LogP contribution is -2.47. The molecule has 0 spiro atoms. The topological polar surface area (TPSA) is 53.2 Å². The fraction of sp³-hybridized carbons (Fsp3) is 0.857. The van der Waals surface area contributed by atoms with Gasteiger partial charge < -0.3 is 5.32 Å². The highest BCUT2D eigenvalue weighted by molar-refractivity contribution is 5.80. The van der Waals surface area contributed by atoms with Crippen LogP contribution in [0.15, 0.2) is 0 Å². The van der Waals surface area contributed by atoms with Gasteiger partial charge in [0.05, 0.1) is 6.04 Å². The molecule has 11 heavy (non-hydrogen) atoms. The number of hydrazine groups is 1. The number of likely N-dealkylation sites (N-methyl/N-ethyl adjacent to an activating group) is 1. The molecule has 0 radical (unpaired) electrons. The van der Waals surface area contributed by atoms with Crippen LogP contribution >= 0.6 is 0 Å². The van der Waals surface area contributed by atoms with E-state index in [1.165, 1.54) is 0 Å². The zero-order valence-corrected chi connectivity index (χ0v) is 7.40. The monoisotopic (exact) mass is 159 g/mol. The van der Waals surface area contributed by atoms with Crippen molar-refractivity contribution in [2.75, 3.05) is 13.6 Å². The van der Waals surface area contributed by atoms with E-state index in [4.69, 9.17) is 0 Å². The molecule has 0 aromatic carbocycles. The number of hydrogen-bond acceptors (Lipinski definition) is 3. The lowest BCUT2D eigenvalue weighted by atomic mass is 10.3. The fourth-order valence-electron chi connectivity index (χ4n) is 0.514. The maximum absolute atomic E-state index is 11.0. The van der Waals surface area contributed by atoms with E-state index in [-0.39, 0.29) is 11.9 Å². The Hall–Kier alpha value is -0.610. The Morgan fingerprint density at radius 2 is 2.18 bits per heavy atom. The quantitative estimate of drug-likeness (QED) is 0.379. The predicted molar refractivity (Wildman–Crippen MR) is 45.0 cm³/mol. The molecule has 3 N–H and O–H groups in total. The van der Waals surface area contributed by atoms with Gasteiger partial charge in [-0.15, -0.1) is 0 Å². The van der Waals surface area contributed by atoms with Gasteiger partial charge in [0.1, 0.15) is 0 Å². The van der Waals surface area contributed by atoms with E-state index in [0.717, 1.165) is 13.0 Å². The van der Waals surface area contributed by atoms with Crippen molar-refractivity contribution >= 4 is 5.91 Å². The molecule has 0 aliphatic carbocycles. The Kier molecular flexibility index (Phi) is 5.78. The minimum Gasteiger partial charge on any atom is -0.309 e. The maximum Gasteiger partial charge on any atom is 0.250 e. The summed E-state index contributed by atoms with van der Waals surface area (Å²) in [6.07, 6.45) is 1.01. The molecule has 0 aromatic rings. The van der Waals surface area contributed by atoms with E-state index < -0.39 is 0 Å². The summed E-state index contributed by atoms with van der Waals surface area (Å²) in [6.45, 7) is 4.66. The largest absolute Gasteiger partial charge is 0.309 e. The molecular weight excluding hydrogens is 142 g/mol. The van der Waals surface area contributed by atoms with Crippen LogP contribution in [0.2, 0.25) is 0 Å². The molecule has 0 heterocycles. The molecule has 1 unspecified atom stereocenters. The molecule has 0 saturated heterocycles. The van der Waals surface area contributed by atoms with Gasteiger partial charge in [-0.05, 0) is 20.4 Å². The van der Waals surface area contributed by atoms with Crippen LogP contribution in [0.5, 0.6) is 0 Å². The molecule has 0 rings (SSSR count). The number of carbonyl (C=O) groups is 1. The molecule has 0 saturated carbocycles. The number of rotatable bonds is 5. The molecule has 0 aliphatic heterocycles. The Labute approximate surface area is 67.7 Å². The van der Waals surface area contributed by atoms with Crippen LogP contribution < -0.4 is 16.2 Å². The SMILES string of the molecule is CCCNNC(=O)C(C)NC. The van der Waals surface area contributed by atoms with E-state index in [2.05, 4.69) is 16.2 Å². The van der Waals surface area contributed by atoms with Crippen LogP contribution in [0.25, 0.3) is 0 Å². The summed E-state index contributed by atoms with van der Waals surface area (Å²) in [5.41, 5.74) is 5.39. The summed E-state index contributed by atoms with van der Waals surface area (Å²) in [5, 5.41) is 2.84. The average Bonchev–Trinajstić information content (AvgIpc) is 2.03. The number of amides is 1. The first-order valence-corrected chi connectivity index (χ1v) is 3.92. The van der Waals surface area contributed by atoms with Crippen LogP contribution in [0.4, 0.5) is 0 Å². The van der Waals surface area contributed by atoms with Crippen molar-refractivity contribution in [1.82, 2.24) is 16.2 Å². The Morgan fingerprint density at radius 1 is 1.55 bits per heavy atom. The third-order valence-corrected chi connectivity index (χ3v) is 1.41. The van der Waals surface area contributed by atoms with E-state index in [1.54, 1.807) is 7.05 Å². The smallest absolute Gasteiger partial charge is 0.250 e. The lowest BCUT2D eigenvalue weighted by molar-refractivity contribution is -0.123. The second-order valence-corrected chi connectivity index (χ2v) is 2.43. The van der Waals surface area contributed by atoms with E-state index >= 15 is 0 Å². The summed E-state index contributed by atoms with van der Waals surface area (Å²) >= 11 is 0. The van der Waals surface area contributed by atoms with E-state index in [0.29, 0.717) is 0 Å². The summed E-state index contributed by atoms with van der Waals surface area (Å²) in [5.74, 6) is -0.0269. The average molecular weight is 159 g/mol. The van der Waals surface area contributed by atoms with Crippen molar-refractivity contribution in [1.29, 1.82) is 0 Å². The van der Waals surface area contributed by atoms with Crippen molar-refractivity contribution < 1.29 is 4.79 Å². The highest BCUT2D eigenvalue weighted by atomic mass is 16.2. The minimum atomic E-state index is -0.139. The molecule has 4 heteroatoms. The minimum absolute atomic E-state index is 0.0269. The molecule has 0 aromatic heterocycles. The lowest BCUT2D eigenvalue weighted by Gasteiger charge is -2.10. The van der Waals surface area contributed by atoms with Gasteiger partial charge in [-0.1, -0.05) is 6.92 Å². The first-order valence-electron chi connectivity index (χ1n) is 3.92. The Bertz CT molecular complexity index is 116. The van der Waals surface area contributed by atoms with Crippen molar-refractivity contribution in [3.05, 3.63) is 0 Å². The maximum atomic E-state index is 11.0. The van der Waals surface area contributed by atoms with Gasteiger partial charge in [0, 0.05) is 6.54 Å². The van der Waals surface area contributed by atoms with Crippen LogP contribution in [-0.2, 0) is 4.79 Å². The first kappa shape index (κ1) is 10.4. The van der Waals surface area contributed by atoms with Gasteiger partial charge in [0.25, 0.3) is 5.91 Å². The molecule has 4 nitrogen and oxygen atoms in total. The van der Waals surface area contributed by atoms with Crippen molar-refractivity contribution in [3.63, 3.8) is 0 Å². The highest BCUT2D eigenvalue weighted by Gasteiger charge is 2.07. The van der Waals surface area contributed by atoms with Gasteiger partial charge in [0.2, 0.25) is 0 Å². The fourth-order valence-corrected chi connectivity index (χ4v) is 0.514. The molecule has 0 bridgehead atoms. The zero-order valence-electron chi connectivity index (χ0n) is 7.40. The Balaban J connectivity index is 3.36. The van der Waals surface area contributed by atoms with Gasteiger partial charge in [0.15, 0.2) is 0 Å². The van der Waals surface area contributed by atoms with Gasteiger partial charge >= 0.3 is 0 Å². The van der Waals surface area contributed by atoms with Gasteiger partial charge in [-0.2, -0.15) is 0 Å². The summed E-state index contributed by atoms with van der Waals surface area (Å²) < 4.78 is 0. The van der Waals surface area contributed by atoms with Gasteiger partial charge in [-0.3, -0.25) is 10.2 Å². The third-order valence-electron chi connectivity index (χ3n) is 1.41. The van der Waals surface area contributed by atoms with Crippen LogP contribution in [0.3, 0.4) is 0 Å². The van der Waals surface area contributed by atoms with E-state index in [9.17, 15) is 4.79 Å². The second-order valence-electron chi connectivity index (χ2n) is 2.43. The molecular formula is C7H17N3O. The van der Waals surface area contributed by atoms with E-state index in [1.807, 2.05) is 13.8 Å². The highest BCUT2D eigenvalue weighted by Crippen LogP contribution is 1.76. The van der Waals surface area contributed by atoms with Crippen LogP contribution in [0.1, 0.15) is 20.3 Å². The van der Waals surface area contributed by atoms with Crippen LogP contribution in [-0.4, -0.2) is 25.5 Å². The zero-order chi connectivity index (χ0) is 8.69. The summed E-state index contributed by atoms with van der Waals surface area (Å²) in [7, 11) is 1.75. The number of carbonyl (C=O) groups excluding carboxylic acids is 1. The summed E-state index contributed by atoms with van der Waals surface area (Å²) in [6, 6.07) is -0.139. The second kappa shape index (κ2) is 6.12. The Morgan fingerprint density at radius 3 is 2.64 bits per heavy atom. The molecule has 1 amide bonds. The van der Waals surface area contributed by atoms with Crippen molar-refractivity contribution in [2.24, 2.45) is 0 Å². The first-order chi connectivity index (χ1) is 5.22. The van der Waals surface area contributed by atoms with Crippen LogP contribution in [0, 0.1) is 0 Å². The van der Waals surface area contributed by atoms with Crippen molar-refractivity contribution in [2.45, 2.75) is 26.3 Å².